The first-order valence-electron chi connectivity index (χ1n) is 5.77. The van der Waals surface area contributed by atoms with Crippen LogP contribution in [0, 0.1) is 0 Å². The lowest BCUT2D eigenvalue weighted by Gasteiger charge is -2.23. The number of nitrogens with two attached hydrogens (primary N) is 1. The number of halogens is 1. The molecule has 3 nitrogen and oxygen atoms in total. The van der Waals surface area contributed by atoms with Crippen LogP contribution in [0.15, 0.2) is 15.7 Å². The van der Waals surface area contributed by atoms with Crippen molar-refractivity contribution < 1.29 is 0 Å². The largest absolute Gasteiger partial charge is 0.385 e. The third-order valence-corrected chi connectivity index (χ3v) is 3.24. The molecule has 0 bridgehead atoms. The summed E-state index contributed by atoms with van der Waals surface area (Å²) < 4.78 is 0. The van der Waals surface area contributed by atoms with E-state index in [1.54, 1.807) is 11.8 Å². The van der Waals surface area contributed by atoms with Gasteiger partial charge in [-0.15, -0.1) is 11.8 Å². The summed E-state index contributed by atoms with van der Waals surface area (Å²) in [7, 11) is 0. The molecule has 0 amide bonds. The molecule has 0 aromatic heterocycles. The Morgan fingerprint density at radius 3 is 2.41 bits per heavy atom. The maximum Gasteiger partial charge on any atom is 0.128 e. The van der Waals surface area contributed by atoms with E-state index in [-0.39, 0.29) is 5.54 Å². The molecule has 1 fully saturated rings. The summed E-state index contributed by atoms with van der Waals surface area (Å²) in [6.45, 7) is 10.0. The average Bonchev–Trinajstić information content (AvgIpc) is 2.45. The molecular weight excluding hydrogens is 254 g/mol. The zero-order valence-corrected chi connectivity index (χ0v) is 12.8. The molecule has 0 saturated carbocycles. The van der Waals surface area contributed by atoms with Crippen molar-refractivity contribution in [3.8, 4) is 0 Å². The number of rotatable bonds is 2. The Hall–Kier alpha value is -0.350. The van der Waals surface area contributed by atoms with Crippen LogP contribution in [0.3, 0.4) is 0 Å². The first kappa shape index (κ1) is 14.7. The topological polar surface area (TPSA) is 50.4 Å². The third-order valence-electron chi connectivity index (χ3n) is 2.00. The van der Waals surface area contributed by atoms with Gasteiger partial charge in [-0.05, 0) is 41.0 Å². The molecule has 0 radical (unpaired) electrons. The minimum absolute atomic E-state index is 0.0399. The maximum absolute atomic E-state index is 6.14. The van der Waals surface area contributed by atoms with E-state index in [1.807, 2.05) is 13.8 Å². The molecule has 0 unspecified atom stereocenters. The number of nitrogens with zero attached hydrogens (tertiary/aromatic N) is 1. The van der Waals surface area contributed by atoms with Gasteiger partial charge in [0.05, 0.1) is 10.6 Å². The molecule has 98 valence electrons. The number of hydrogen-bond acceptors (Lipinski definition) is 4. The van der Waals surface area contributed by atoms with Gasteiger partial charge in [-0.1, -0.05) is 11.6 Å². The van der Waals surface area contributed by atoms with Crippen molar-refractivity contribution >= 4 is 29.1 Å². The van der Waals surface area contributed by atoms with Gasteiger partial charge in [-0.2, -0.15) is 0 Å². The monoisotopic (exact) mass is 275 g/mol. The lowest BCUT2D eigenvalue weighted by Crippen LogP contribution is -2.39. The second-order valence-corrected chi connectivity index (χ2v) is 7.71. The number of nitrogens with one attached hydrogen (secondary N) is 1. The summed E-state index contributed by atoms with van der Waals surface area (Å²) in [4.78, 5) is 5.01. The zero-order valence-electron chi connectivity index (χ0n) is 11.2. The van der Waals surface area contributed by atoms with Gasteiger partial charge in [0.1, 0.15) is 10.8 Å². The van der Waals surface area contributed by atoms with Gasteiger partial charge in [0.2, 0.25) is 0 Å². The van der Waals surface area contributed by atoms with E-state index in [0.717, 1.165) is 22.8 Å². The number of alkyl halides is 1. The molecular formula is C12H22ClN3S. The fourth-order valence-electron chi connectivity index (χ4n) is 1.57. The van der Waals surface area contributed by atoms with Crippen molar-refractivity contribution in [3.63, 3.8) is 0 Å². The van der Waals surface area contributed by atoms with Crippen molar-refractivity contribution in [1.29, 1.82) is 0 Å². The van der Waals surface area contributed by atoms with Crippen LogP contribution in [0.5, 0.6) is 0 Å². The highest BCUT2D eigenvalue weighted by Gasteiger charge is 2.24. The van der Waals surface area contributed by atoms with Crippen molar-refractivity contribution in [2.45, 2.75) is 51.6 Å². The highest BCUT2D eigenvalue weighted by atomic mass is 35.5. The Labute approximate surface area is 113 Å². The number of aliphatic imine (C=N–C) groups is 1. The molecule has 0 spiro atoms. The first-order valence-corrected chi connectivity index (χ1v) is 7.13. The number of allylic oxidation sites excluding steroid dienone is 1. The Balaban J connectivity index is 2.96. The summed E-state index contributed by atoms with van der Waals surface area (Å²) in [6, 6.07) is 0. The van der Waals surface area contributed by atoms with Crippen LogP contribution in [0.1, 0.15) is 41.0 Å². The second kappa shape index (κ2) is 5.11. The SMILES string of the molecule is CC(C)(Cl)/N=C1/CCS/C1=C(/N)NC(C)(C)C. The summed E-state index contributed by atoms with van der Waals surface area (Å²) in [6.07, 6.45) is 0.933. The van der Waals surface area contributed by atoms with Crippen LogP contribution in [-0.4, -0.2) is 22.0 Å². The Bertz CT molecular complexity index is 348. The Morgan fingerprint density at radius 2 is 1.94 bits per heavy atom. The summed E-state index contributed by atoms with van der Waals surface area (Å²) in [5.41, 5.74) is 7.08. The van der Waals surface area contributed by atoms with E-state index in [2.05, 4.69) is 31.1 Å². The quantitative estimate of drug-likeness (QED) is 0.602. The van der Waals surface area contributed by atoms with Crippen LogP contribution in [0.2, 0.25) is 0 Å². The summed E-state index contributed by atoms with van der Waals surface area (Å²) in [5, 5.41) is 3.29. The highest BCUT2D eigenvalue weighted by Crippen LogP contribution is 2.32. The van der Waals surface area contributed by atoms with Gasteiger partial charge in [-0.3, -0.25) is 4.99 Å². The molecule has 3 N–H and O–H groups in total. The average molecular weight is 276 g/mol. The van der Waals surface area contributed by atoms with E-state index in [9.17, 15) is 0 Å². The van der Waals surface area contributed by atoms with Crippen molar-refractivity contribution in [2.24, 2.45) is 10.7 Å². The minimum atomic E-state index is -0.562. The minimum Gasteiger partial charge on any atom is -0.385 e. The van der Waals surface area contributed by atoms with Gasteiger partial charge in [-0.25, -0.2) is 0 Å². The van der Waals surface area contributed by atoms with E-state index in [1.165, 1.54) is 0 Å². The van der Waals surface area contributed by atoms with Gasteiger partial charge < -0.3 is 11.1 Å². The predicted molar refractivity (Wildman–Crippen MR) is 78.5 cm³/mol. The summed E-state index contributed by atoms with van der Waals surface area (Å²) >= 11 is 7.88. The van der Waals surface area contributed by atoms with Gasteiger partial charge in [0, 0.05) is 11.3 Å². The zero-order chi connectivity index (χ0) is 13.3. The van der Waals surface area contributed by atoms with Crippen molar-refractivity contribution in [3.05, 3.63) is 10.7 Å². The lowest BCUT2D eigenvalue weighted by atomic mass is 10.1. The Kier molecular flexibility index (Phi) is 4.42. The third kappa shape index (κ3) is 5.21. The summed E-state index contributed by atoms with van der Waals surface area (Å²) in [5.74, 6) is 1.73. The first-order chi connectivity index (χ1) is 7.58. The normalized spacial score (nSPS) is 23.1. The van der Waals surface area contributed by atoms with Gasteiger partial charge >= 0.3 is 0 Å². The van der Waals surface area contributed by atoms with E-state index in [4.69, 9.17) is 17.3 Å². The lowest BCUT2D eigenvalue weighted by molar-refractivity contribution is 0.470. The van der Waals surface area contributed by atoms with E-state index in [0.29, 0.717) is 5.82 Å². The molecule has 0 atom stereocenters. The fourth-order valence-corrected chi connectivity index (χ4v) is 2.69. The molecule has 1 rings (SSSR count). The Morgan fingerprint density at radius 1 is 1.35 bits per heavy atom. The highest BCUT2D eigenvalue weighted by molar-refractivity contribution is 8.04. The molecule has 1 saturated heterocycles. The molecule has 0 aliphatic carbocycles. The van der Waals surface area contributed by atoms with Crippen LogP contribution >= 0.6 is 23.4 Å². The molecule has 1 heterocycles. The fraction of sp³-hybridized carbons (Fsp3) is 0.750. The van der Waals surface area contributed by atoms with Gasteiger partial charge in [0.15, 0.2) is 0 Å². The standard InChI is InChI=1S/C12H22ClN3S/c1-11(2,3)16-10(14)9-8(6-7-17-9)15-12(4,5)13/h16H,6-7,14H2,1-5H3/b10-9-,15-8-. The molecule has 17 heavy (non-hydrogen) atoms. The second-order valence-electron chi connectivity index (χ2n) is 5.68. The molecule has 1 aliphatic heterocycles. The van der Waals surface area contributed by atoms with E-state index >= 15 is 0 Å². The van der Waals surface area contributed by atoms with Crippen LogP contribution in [0.4, 0.5) is 0 Å². The predicted octanol–water partition coefficient (Wildman–Crippen LogP) is 3.06. The van der Waals surface area contributed by atoms with Gasteiger partial charge in [0.25, 0.3) is 0 Å². The van der Waals surface area contributed by atoms with Crippen molar-refractivity contribution in [1.82, 2.24) is 5.32 Å². The smallest absolute Gasteiger partial charge is 0.128 e. The van der Waals surface area contributed by atoms with Crippen LogP contribution < -0.4 is 11.1 Å². The van der Waals surface area contributed by atoms with E-state index < -0.39 is 5.00 Å². The molecule has 0 aromatic rings. The van der Waals surface area contributed by atoms with Crippen LogP contribution in [-0.2, 0) is 0 Å². The maximum atomic E-state index is 6.14. The molecule has 1 aliphatic rings. The molecule has 0 aromatic carbocycles. The van der Waals surface area contributed by atoms with Crippen LogP contribution in [0.25, 0.3) is 0 Å². The number of thioether (sulfide) groups is 1. The number of hydrogen-bond donors (Lipinski definition) is 2. The molecule has 5 heteroatoms. The van der Waals surface area contributed by atoms with Crippen molar-refractivity contribution in [2.75, 3.05) is 5.75 Å².